The fourth-order valence-electron chi connectivity index (χ4n) is 1.82. The molecule has 0 unspecified atom stereocenters. The second-order valence-electron chi connectivity index (χ2n) is 4.33. The molecule has 0 radical (unpaired) electrons. The summed E-state index contributed by atoms with van der Waals surface area (Å²) in [7, 11) is 1.54. The summed E-state index contributed by atoms with van der Waals surface area (Å²) in [4.78, 5) is 35.2. The number of Topliss-reactive ketones (excluding diaryl/α,β-unsaturated/α-hetero) is 1. The molecular formula is C14H14N2O3. The normalized spacial score (nSPS) is 10.4. The molecule has 0 saturated heterocycles. The number of benzene rings is 1. The highest BCUT2D eigenvalue weighted by Gasteiger charge is 2.09. The molecular weight excluding hydrogens is 244 g/mol. The molecule has 0 aliphatic heterocycles. The van der Waals surface area contributed by atoms with Gasteiger partial charge in [0.2, 0.25) is 0 Å². The van der Waals surface area contributed by atoms with E-state index in [4.69, 9.17) is 0 Å². The average Bonchev–Trinajstić information content (AvgIpc) is 2.40. The molecule has 0 atom stereocenters. The minimum Gasteiger partial charge on any atom is -0.303 e. The minimum atomic E-state index is -0.478. The fourth-order valence-corrected chi connectivity index (χ4v) is 1.82. The lowest BCUT2D eigenvalue weighted by molar-refractivity contribution is -0.119. The average molecular weight is 258 g/mol. The Morgan fingerprint density at radius 1 is 1.11 bits per heavy atom. The molecule has 0 aliphatic rings. The Morgan fingerprint density at radius 3 is 2.47 bits per heavy atom. The molecule has 19 heavy (non-hydrogen) atoms. The first-order chi connectivity index (χ1) is 9.08. The van der Waals surface area contributed by atoms with Gasteiger partial charge in [0.15, 0.2) is 5.78 Å². The lowest BCUT2D eigenvalue weighted by Gasteiger charge is -2.05. The molecule has 1 aromatic carbocycles. The quantitative estimate of drug-likeness (QED) is 0.795. The van der Waals surface area contributed by atoms with Crippen molar-refractivity contribution in [2.75, 3.05) is 0 Å². The van der Waals surface area contributed by atoms with E-state index < -0.39 is 11.2 Å². The lowest BCUT2D eigenvalue weighted by atomic mass is 10.1. The smallest absolute Gasteiger partial charge is 0.303 e. The van der Waals surface area contributed by atoms with Gasteiger partial charge in [0.25, 0.3) is 5.56 Å². The van der Waals surface area contributed by atoms with Crippen molar-refractivity contribution in [3.63, 3.8) is 0 Å². The van der Waals surface area contributed by atoms with Crippen molar-refractivity contribution < 1.29 is 4.79 Å². The molecule has 0 N–H and O–H groups in total. The largest absolute Gasteiger partial charge is 0.331 e. The van der Waals surface area contributed by atoms with Gasteiger partial charge in [-0.2, -0.15) is 0 Å². The Bertz CT molecular complexity index is 699. The van der Waals surface area contributed by atoms with Crippen LogP contribution in [0.1, 0.15) is 5.56 Å². The number of carbonyl (C=O) groups excluding carboxylic acids is 1. The van der Waals surface area contributed by atoms with Crippen molar-refractivity contribution in [2.45, 2.75) is 13.0 Å². The van der Waals surface area contributed by atoms with Gasteiger partial charge in [-0.3, -0.25) is 14.2 Å². The van der Waals surface area contributed by atoms with Crippen LogP contribution >= 0.6 is 0 Å². The van der Waals surface area contributed by atoms with Gasteiger partial charge in [0, 0.05) is 25.7 Å². The number of aromatic nitrogens is 2. The number of rotatable bonds is 4. The van der Waals surface area contributed by atoms with Crippen LogP contribution in [0.15, 0.2) is 52.2 Å². The summed E-state index contributed by atoms with van der Waals surface area (Å²) >= 11 is 0. The maximum atomic E-state index is 11.9. The Labute approximate surface area is 109 Å². The summed E-state index contributed by atoms with van der Waals surface area (Å²) < 4.78 is 2.22. The van der Waals surface area contributed by atoms with Crippen molar-refractivity contribution in [1.82, 2.24) is 9.13 Å². The van der Waals surface area contributed by atoms with E-state index in [0.29, 0.717) is 0 Å². The molecule has 98 valence electrons. The Kier molecular flexibility index (Phi) is 3.75. The maximum absolute atomic E-state index is 11.9. The highest BCUT2D eigenvalue weighted by Crippen LogP contribution is 2.00. The molecule has 0 saturated carbocycles. The highest BCUT2D eigenvalue weighted by molar-refractivity contribution is 5.80. The third kappa shape index (κ3) is 3.07. The molecule has 1 aromatic heterocycles. The molecule has 2 aromatic rings. The van der Waals surface area contributed by atoms with Gasteiger partial charge < -0.3 is 4.57 Å². The molecule has 5 heteroatoms. The third-order valence-electron chi connectivity index (χ3n) is 2.82. The van der Waals surface area contributed by atoms with Crippen molar-refractivity contribution in [3.8, 4) is 0 Å². The standard InChI is InChI=1S/C14H14N2O3/c1-15-8-7-13(18)16(14(15)19)10-12(17)9-11-5-3-2-4-6-11/h2-8H,9-10H2,1H3. The zero-order chi connectivity index (χ0) is 13.8. The Balaban J connectivity index is 2.19. The van der Waals surface area contributed by atoms with Crippen LogP contribution in [0.25, 0.3) is 0 Å². The van der Waals surface area contributed by atoms with Crippen LogP contribution in [0.2, 0.25) is 0 Å². The zero-order valence-electron chi connectivity index (χ0n) is 10.6. The SMILES string of the molecule is Cn1ccc(=O)n(CC(=O)Cc2ccccc2)c1=O. The first-order valence-electron chi connectivity index (χ1n) is 5.90. The van der Waals surface area contributed by atoms with E-state index in [1.54, 1.807) is 7.05 Å². The number of hydrogen-bond donors (Lipinski definition) is 0. The predicted octanol–water partition coefficient (Wildman–Crippen LogP) is 0.359. The van der Waals surface area contributed by atoms with Crippen LogP contribution in [-0.4, -0.2) is 14.9 Å². The number of nitrogens with zero attached hydrogens (tertiary/aromatic N) is 2. The van der Waals surface area contributed by atoms with E-state index >= 15 is 0 Å². The zero-order valence-corrected chi connectivity index (χ0v) is 10.6. The summed E-state index contributed by atoms with van der Waals surface area (Å²) in [6.45, 7) is -0.193. The van der Waals surface area contributed by atoms with E-state index in [9.17, 15) is 14.4 Å². The molecule has 1 heterocycles. The summed E-state index contributed by atoms with van der Waals surface area (Å²) in [5, 5.41) is 0. The fraction of sp³-hybridized carbons (Fsp3) is 0.214. The van der Waals surface area contributed by atoms with Crippen LogP contribution in [-0.2, 0) is 24.8 Å². The number of carbonyl (C=O) groups is 1. The topological polar surface area (TPSA) is 61.1 Å². The number of aryl methyl sites for hydroxylation is 1. The Hall–Kier alpha value is -2.43. The second kappa shape index (κ2) is 5.48. The molecule has 2 rings (SSSR count). The van der Waals surface area contributed by atoms with Crippen LogP contribution in [0, 0.1) is 0 Å². The van der Waals surface area contributed by atoms with Gasteiger partial charge in [0.05, 0.1) is 6.54 Å². The monoisotopic (exact) mass is 258 g/mol. The van der Waals surface area contributed by atoms with Crippen molar-refractivity contribution in [3.05, 3.63) is 69.0 Å². The van der Waals surface area contributed by atoms with Gasteiger partial charge in [-0.1, -0.05) is 30.3 Å². The highest BCUT2D eigenvalue weighted by atomic mass is 16.2. The van der Waals surface area contributed by atoms with E-state index in [1.165, 1.54) is 16.8 Å². The maximum Gasteiger partial charge on any atom is 0.331 e. The number of ketones is 1. The second-order valence-corrected chi connectivity index (χ2v) is 4.33. The minimum absolute atomic E-state index is 0.170. The van der Waals surface area contributed by atoms with Crippen molar-refractivity contribution in [1.29, 1.82) is 0 Å². The van der Waals surface area contributed by atoms with Gasteiger partial charge in [-0.05, 0) is 5.56 Å². The van der Waals surface area contributed by atoms with Crippen LogP contribution < -0.4 is 11.2 Å². The summed E-state index contributed by atoms with van der Waals surface area (Å²) in [6, 6.07) is 10.5. The predicted molar refractivity (Wildman–Crippen MR) is 71.1 cm³/mol. The van der Waals surface area contributed by atoms with Crippen LogP contribution in [0.3, 0.4) is 0 Å². The molecule has 0 bridgehead atoms. The van der Waals surface area contributed by atoms with E-state index in [0.717, 1.165) is 10.1 Å². The van der Waals surface area contributed by atoms with Gasteiger partial charge in [-0.15, -0.1) is 0 Å². The number of hydrogen-bond acceptors (Lipinski definition) is 3. The lowest BCUT2D eigenvalue weighted by Crippen LogP contribution is -2.40. The Morgan fingerprint density at radius 2 is 1.79 bits per heavy atom. The third-order valence-corrected chi connectivity index (χ3v) is 2.82. The summed E-state index contributed by atoms with van der Waals surface area (Å²) in [5.41, 5.74) is -0.0632. The molecule has 0 amide bonds. The first-order valence-corrected chi connectivity index (χ1v) is 5.90. The summed E-state index contributed by atoms with van der Waals surface area (Å²) in [5.74, 6) is -0.170. The van der Waals surface area contributed by atoms with Crippen molar-refractivity contribution >= 4 is 5.78 Å². The van der Waals surface area contributed by atoms with Crippen LogP contribution in [0.4, 0.5) is 0 Å². The van der Waals surface area contributed by atoms with Gasteiger partial charge in [-0.25, -0.2) is 4.79 Å². The first kappa shape index (κ1) is 13.0. The molecule has 0 aliphatic carbocycles. The van der Waals surface area contributed by atoms with Crippen molar-refractivity contribution in [2.24, 2.45) is 7.05 Å². The van der Waals surface area contributed by atoms with Gasteiger partial charge in [0.1, 0.15) is 0 Å². The van der Waals surface area contributed by atoms with E-state index in [1.807, 2.05) is 30.3 Å². The van der Waals surface area contributed by atoms with E-state index in [2.05, 4.69) is 0 Å². The molecule has 0 spiro atoms. The molecule has 0 fully saturated rings. The summed E-state index contributed by atoms with van der Waals surface area (Å²) in [6.07, 6.45) is 1.61. The van der Waals surface area contributed by atoms with Crippen LogP contribution in [0.5, 0.6) is 0 Å². The molecule has 5 nitrogen and oxygen atoms in total. The van der Waals surface area contributed by atoms with Gasteiger partial charge >= 0.3 is 5.69 Å². The van der Waals surface area contributed by atoms with E-state index in [-0.39, 0.29) is 18.7 Å².